The van der Waals surface area contributed by atoms with Crippen LogP contribution in [-0.2, 0) is 17.6 Å². The van der Waals surface area contributed by atoms with Gasteiger partial charge in [-0.25, -0.2) is 0 Å². The largest absolute Gasteiger partial charge is 0.490 e. The van der Waals surface area contributed by atoms with Gasteiger partial charge in [0, 0.05) is 13.1 Å². The Hall–Kier alpha value is -5.97. The van der Waals surface area contributed by atoms with E-state index in [4.69, 9.17) is 18.3 Å². The van der Waals surface area contributed by atoms with Gasteiger partial charge in [0.05, 0.1) is 23.6 Å². The second kappa shape index (κ2) is 19.0. The molecule has 2 saturated heterocycles. The van der Waals surface area contributed by atoms with Crippen LogP contribution in [0.15, 0.2) is 142 Å². The number of hydrogen-bond acceptors (Lipinski definition) is 9. The summed E-state index contributed by atoms with van der Waals surface area (Å²) >= 11 is 0. The van der Waals surface area contributed by atoms with Crippen molar-refractivity contribution >= 4 is 49.3 Å². The van der Waals surface area contributed by atoms with Crippen LogP contribution < -0.4 is 9.47 Å². The Kier molecular flexibility index (Phi) is 12.5. The third-order valence-electron chi connectivity index (χ3n) is 13.4. The average molecular weight is 857 g/mol. The number of aliphatic hydroxyl groups is 2. The Morgan fingerprint density at radius 3 is 1.39 bits per heavy atom. The average Bonchev–Trinajstić information content (AvgIpc) is 3.94. The maximum Gasteiger partial charge on any atom is 0.147 e. The number of fused-ring (bicyclic) bond motifs is 4. The number of furan rings is 2. The molecule has 0 radical (unpaired) electrons. The summed E-state index contributed by atoms with van der Waals surface area (Å²) in [6.07, 6.45) is 3.16. The van der Waals surface area contributed by atoms with Gasteiger partial charge in [0.25, 0.3) is 0 Å². The molecule has 0 bridgehead atoms. The number of ketones is 1. The fraction of sp³-hybridized carbons (Fsp3) is 0.327. The van der Waals surface area contributed by atoms with Crippen LogP contribution >= 0.6 is 0 Å². The first-order valence-electron chi connectivity index (χ1n) is 23.0. The summed E-state index contributed by atoms with van der Waals surface area (Å²) in [6, 6.07) is 45.5. The Balaban J connectivity index is 0.678. The standard InChI is InChI=1S/C55H56N2O7/c58-45(29-48-31-50-52(11-5-13-54(50)63-48)61-35-46(59)33-56-23-19-39(20-24-56)43-17-15-37-7-1-3-9-41(37)27-43)30-49-32-51-53(12-6-14-55(51)64-49)62-36-47(60)34-57-25-21-40(22-26-57)44-18-16-38-8-2-4-10-42(38)28-44/h1-18,27-28,31-32,39-40,46-47,59-60H,19-26,29-30,33-36H2/t46-,47-/m0/s1. The Morgan fingerprint density at radius 2 is 0.953 bits per heavy atom. The first-order valence-corrected chi connectivity index (χ1v) is 23.0. The number of piperidine rings is 2. The molecular weight excluding hydrogens is 801 g/mol. The highest BCUT2D eigenvalue weighted by Crippen LogP contribution is 2.34. The lowest BCUT2D eigenvalue weighted by Crippen LogP contribution is -2.40. The van der Waals surface area contributed by atoms with E-state index >= 15 is 0 Å². The molecule has 64 heavy (non-hydrogen) atoms. The normalized spacial score (nSPS) is 16.8. The van der Waals surface area contributed by atoms with Crippen molar-refractivity contribution in [1.29, 1.82) is 0 Å². The molecule has 0 unspecified atom stereocenters. The molecule has 2 aliphatic rings. The second-order valence-electron chi connectivity index (χ2n) is 17.9. The zero-order valence-corrected chi connectivity index (χ0v) is 36.2. The lowest BCUT2D eigenvalue weighted by atomic mass is 9.88. The van der Waals surface area contributed by atoms with Crippen molar-refractivity contribution in [1.82, 2.24) is 9.80 Å². The molecule has 6 aromatic carbocycles. The van der Waals surface area contributed by atoms with Gasteiger partial charge in [-0.05, 0) is 133 Å². The Morgan fingerprint density at radius 1 is 0.531 bits per heavy atom. The fourth-order valence-electron chi connectivity index (χ4n) is 9.95. The summed E-state index contributed by atoms with van der Waals surface area (Å²) in [5.41, 5.74) is 4.05. The summed E-state index contributed by atoms with van der Waals surface area (Å²) < 4.78 is 24.5. The van der Waals surface area contributed by atoms with Gasteiger partial charge in [-0.2, -0.15) is 0 Å². The molecule has 4 heterocycles. The number of benzene rings is 6. The molecule has 2 fully saturated rings. The van der Waals surface area contributed by atoms with Gasteiger partial charge in [0.1, 0.15) is 65.4 Å². The first kappa shape index (κ1) is 42.0. The van der Waals surface area contributed by atoms with E-state index in [1.807, 2.05) is 48.5 Å². The molecule has 0 amide bonds. The number of ether oxygens (including phenoxy) is 2. The topological polar surface area (TPSA) is 109 Å². The first-order chi connectivity index (χ1) is 31.4. The quantitative estimate of drug-likeness (QED) is 0.0982. The van der Waals surface area contributed by atoms with E-state index in [2.05, 4.69) is 94.7 Å². The minimum absolute atomic E-state index is 0.0531. The van der Waals surface area contributed by atoms with Crippen molar-refractivity contribution in [2.45, 2.75) is 62.6 Å². The van der Waals surface area contributed by atoms with Crippen molar-refractivity contribution < 1.29 is 33.3 Å². The van der Waals surface area contributed by atoms with E-state index in [0.717, 1.165) is 62.6 Å². The Labute approximate surface area is 373 Å². The fourth-order valence-corrected chi connectivity index (χ4v) is 9.95. The lowest BCUT2D eigenvalue weighted by molar-refractivity contribution is -0.118. The molecule has 2 aromatic heterocycles. The van der Waals surface area contributed by atoms with Gasteiger partial charge in [0.2, 0.25) is 0 Å². The van der Waals surface area contributed by atoms with Crippen molar-refractivity contribution in [2.75, 3.05) is 52.5 Å². The molecule has 2 aliphatic heterocycles. The predicted octanol–water partition coefficient (Wildman–Crippen LogP) is 10.1. The molecule has 9 heteroatoms. The highest BCUT2D eigenvalue weighted by Gasteiger charge is 2.25. The van der Waals surface area contributed by atoms with E-state index in [0.29, 0.717) is 59.1 Å². The minimum atomic E-state index is -0.643. The number of rotatable bonds is 16. The molecule has 9 nitrogen and oxygen atoms in total. The van der Waals surface area contributed by atoms with Crippen LogP contribution in [0.2, 0.25) is 0 Å². The van der Waals surface area contributed by atoms with Gasteiger partial charge in [-0.1, -0.05) is 97.1 Å². The van der Waals surface area contributed by atoms with Crippen molar-refractivity contribution in [3.05, 3.63) is 156 Å². The molecule has 328 valence electrons. The highest BCUT2D eigenvalue weighted by atomic mass is 16.5. The molecule has 2 N–H and O–H groups in total. The number of hydrogen-bond donors (Lipinski definition) is 2. The molecule has 10 rings (SSSR count). The smallest absolute Gasteiger partial charge is 0.147 e. The summed E-state index contributed by atoms with van der Waals surface area (Å²) in [4.78, 5) is 18.0. The number of nitrogens with zero attached hydrogens (tertiary/aromatic N) is 2. The second-order valence-corrected chi connectivity index (χ2v) is 17.9. The summed E-state index contributed by atoms with van der Waals surface area (Å²) in [7, 11) is 0. The van der Waals surface area contributed by atoms with Gasteiger partial charge in [0.15, 0.2) is 0 Å². The van der Waals surface area contributed by atoms with Crippen LogP contribution in [-0.4, -0.2) is 90.5 Å². The number of aliphatic hydroxyl groups excluding tert-OH is 2. The van der Waals surface area contributed by atoms with Crippen molar-refractivity contribution in [3.63, 3.8) is 0 Å². The minimum Gasteiger partial charge on any atom is -0.490 e. The zero-order chi connectivity index (χ0) is 43.4. The number of likely N-dealkylation sites (tertiary alicyclic amines) is 2. The van der Waals surface area contributed by atoms with Gasteiger partial charge >= 0.3 is 0 Å². The maximum atomic E-state index is 13.4. The maximum absolute atomic E-state index is 13.4. The predicted molar refractivity (Wildman–Crippen MR) is 253 cm³/mol. The molecule has 2 atom stereocenters. The van der Waals surface area contributed by atoms with Crippen LogP contribution in [0.4, 0.5) is 0 Å². The van der Waals surface area contributed by atoms with Crippen LogP contribution in [0, 0.1) is 0 Å². The number of carbonyl (C=O) groups excluding carboxylic acids is 1. The molecule has 0 spiro atoms. The SMILES string of the molecule is O=C(Cc1cc2c(OC[C@@H](O)CN3CCC(c4ccc5ccccc5c4)CC3)cccc2o1)Cc1cc2c(OC[C@@H](O)CN3CCC(c4ccc5ccccc5c4)CC3)cccc2o1. The van der Waals surface area contributed by atoms with E-state index in [1.54, 1.807) is 0 Å². The molecule has 0 aliphatic carbocycles. The number of β-amino-alcohol motifs (C(OH)–C–C–N with tert-alkyl or cyclic N) is 2. The Bertz CT molecular complexity index is 2670. The zero-order valence-electron chi connectivity index (χ0n) is 36.2. The van der Waals surface area contributed by atoms with Gasteiger partial charge < -0.3 is 38.3 Å². The van der Waals surface area contributed by atoms with E-state index in [9.17, 15) is 15.0 Å². The summed E-state index contributed by atoms with van der Waals surface area (Å²) in [6.45, 7) is 5.16. The molecule has 8 aromatic rings. The number of carbonyl (C=O) groups is 1. The molecular formula is C55H56N2O7. The number of Topliss-reactive ketones (excluding diaryl/α,β-unsaturated/α-hetero) is 1. The van der Waals surface area contributed by atoms with Crippen LogP contribution in [0.5, 0.6) is 11.5 Å². The summed E-state index contributed by atoms with van der Waals surface area (Å²) in [5, 5.41) is 28.6. The molecule has 0 saturated carbocycles. The van der Waals surface area contributed by atoms with E-state index in [-0.39, 0.29) is 31.8 Å². The monoisotopic (exact) mass is 856 g/mol. The highest BCUT2D eigenvalue weighted by molar-refractivity contribution is 5.90. The summed E-state index contributed by atoms with van der Waals surface area (Å²) in [5.74, 6) is 3.31. The van der Waals surface area contributed by atoms with Crippen molar-refractivity contribution in [2.24, 2.45) is 0 Å². The van der Waals surface area contributed by atoms with Crippen LogP contribution in [0.1, 0.15) is 60.2 Å². The van der Waals surface area contributed by atoms with E-state index < -0.39 is 12.2 Å². The lowest BCUT2D eigenvalue weighted by Gasteiger charge is -2.33. The third-order valence-corrected chi connectivity index (χ3v) is 13.4. The van der Waals surface area contributed by atoms with Gasteiger partial charge in [-0.3, -0.25) is 4.79 Å². The third kappa shape index (κ3) is 9.73. The van der Waals surface area contributed by atoms with Crippen LogP contribution in [0.3, 0.4) is 0 Å². The van der Waals surface area contributed by atoms with Gasteiger partial charge in [-0.15, -0.1) is 0 Å². The van der Waals surface area contributed by atoms with Crippen molar-refractivity contribution in [3.8, 4) is 11.5 Å². The van der Waals surface area contributed by atoms with Crippen LogP contribution in [0.25, 0.3) is 43.5 Å². The van der Waals surface area contributed by atoms with E-state index in [1.165, 1.54) is 32.7 Å².